The predicted molar refractivity (Wildman–Crippen MR) is 128 cm³/mol. The summed E-state index contributed by atoms with van der Waals surface area (Å²) in [6.45, 7) is 3.22. The second-order valence-electron chi connectivity index (χ2n) is 7.77. The summed E-state index contributed by atoms with van der Waals surface area (Å²) >= 11 is 0.843. The van der Waals surface area contributed by atoms with E-state index in [1.165, 1.54) is 28.8 Å². The van der Waals surface area contributed by atoms with Crippen LogP contribution in [0.3, 0.4) is 0 Å². The standard InChI is InChI=1S/C23H17FN4O8S/c1-3-36-22(31)18-11(2)25-23-26(19(18)12-4-6-14(24)7-5-12)21(30)17(37-23)9-13-8-15(27(32)33)10-16(20(13)29)28(34)35/h4-10,19,29H,3H2,1-2H3/b17-9-/t19-/m1/s1. The highest BCUT2D eigenvalue weighted by atomic mass is 32.1. The second kappa shape index (κ2) is 9.73. The number of aromatic nitrogens is 1. The second-order valence-corrected chi connectivity index (χ2v) is 8.78. The van der Waals surface area contributed by atoms with E-state index in [2.05, 4.69) is 4.99 Å². The van der Waals surface area contributed by atoms with E-state index in [9.17, 15) is 39.3 Å². The lowest BCUT2D eigenvalue weighted by Crippen LogP contribution is -2.39. The molecule has 1 atom stereocenters. The molecule has 0 aliphatic carbocycles. The van der Waals surface area contributed by atoms with Crippen molar-refractivity contribution in [3.05, 3.63) is 105 Å². The van der Waals surface area contributed by atoms with Gasteiger partial charge in [-0.3, -0.25) is 29.6 Å². The maximum Gasteiger partial charge on any atom is 0.338 e. The Morgan fingerprint density at radius 2 is 1.92 bits per heavy atom. The molecule has 0 bridgehead atoms. The van der Waals surface area contributed by atoms with Crippen molar-refractivity contribution in [1.82, 2.24) is 4.57 Å². The van der Waals surface area contributed by atoms with Crippen molar-refractivity contribution >= 4 is 34.8 Å². The number of phenolic OH excluding ortho intramolecular Hbond substituents is 1. The lowest BCUT2D eigenvalue weighted by Gasteiger charge is -2.24. The van der Waals surface area contributed by atoms with Gasteiger partial charge in [-0.05, 0) is 37.6 Å². The first kappa shape index (κ1) is 25.4. The topological polar surface area (TPSA) is 167 Å². The number of aromatic hydroxyl groups is 1. The monoisotopic (exact) mass is 528 g/mol. The van der Waals surface area contributed by atoms with Gasteiger partial charge in [0.15, 0.2) is 4.80 Å². The van der Waals surface area contributed by atoms with Gasteiger partial charge in [-0.2, -0.15) is 0 Å². The average molecular weight is 528 g/mol. The molecule has 1 aliphatic heterocycles. The molecular weight excluding hydrogens is 511 g/mol. The molecule has 1 aliphatic rings. The van der Waals surface area contributed by atoms with Crippen molar-refractivity contribution in [3.63, 3.8) is 0 Å². The van der Waals surface area contributed by atoms with E-state index in [4.69, 9.17) is 4.74 Å². The zero-order chi connectivity index (χ0) is 27.0. The van der Waals surface area contributed by atoms with Crippen molar-refractivity contribution < 1.29 is 28.9 Å². The number of rotatable bonds is 6. The number of thiazole rings is 1. The largest absolute Gasteiger partial charge is 0.502 e. The number of nitro groups is 2. The van der Waals surface area contributed by atoms with E-state index in [1.807, 2.05) is 0 Å². The van der Waals surface area contributed by atoms with Gasteiger partial charge in [0.25, 0.3) is 11.2 Å². The summed E-state index contributed by atoms with van der Waals surface area (Å²) in [4.78, 5) is 51.6. The molecule has 12 nitrogen and oxygen atoms in total. The maximum atomic E-state index is 13.6. The highest BCUT2D eigenvalue weighted by Crippen LogP contribution is 2.35. The first-order chi connectivity index (χ1) is 17.5. The van der Waals surface area contributed by atoms with Gasteiger partial charge in [-0.15, -0.1) is 0 Å². The minimum atomic E-state index is -1.04. The lowest BCUT2D eigenvalue weighted by atomic mass is 9.96. The van der Waals surface area contributed by atoms with E-state index in [1.54, 1.807) is 13.8 Å². The molecule has 37 heavy (non-hydrogen) atoms. The van der Waals surface area contributed by atoms with Crippen LogP contribution in [0.2, 0.25) is 0 Å². The summed E-state index contributed by atoms with van der Waals surface area (Å²) in [5.41, 5.74) is -1.88. The number of halogens is 1. The molecule has 2 heterocycles. The Hall–Kier alpha value is -4.72. The van der Waals surface area contributed by atoms with Crippen LogP contribution in [0.1, 0.15) is 31.0 Å². The van der Waals surface area contributed by atoms with Crippen molar-refractivity contribution in [1.29, 1.82) is 0 Å². The third-order valence-electron chi connectivity index (χ3n) is 5.50. The highest BCUT2D eigenvalue weighted by molar-refractivity contribution is 7.07. The molecule has 190 valence electrons. The number of benzene rings is 2. The van der Waals surface area contributed by atoms with Gasteiger partial charge in [0.1, 0.15) is 5.82 Å². The van der Waals surface area contributed by atoms with E-state index in [-0.39, 0.29) is 32.8 Å². The van der Waals surface area contributed by atoms with Crippen LogP contribution in [0.4, 0.5) is 15.8 Å². The SMILES string of the molecule is CCOC(=O)C1=C(C)N=c2s/c(=C\c3cc([N+](=O)[O-])cc([N+](=O)[O-])c3O)c(=O)n2[C@@H]1c1ccc(F)cc1. The summed E-state index contributed by atoms with van der Waals surface area (Å²) in [5, 5.41) is 32.9. The number of phenols is 1. The van der Waals surface area contributed by atoms with Crippen LogP contribution in [0.25, 0.3) is 6.08 Å². The maximum absolute atomic E-state index is 13.6. The van der Waals surface area contributed by atoms with E-state index in [0.29, 0.717) is 11.6 Å². The Bertz CT molecular complexity index is 1670. The van der Waals surface area contributed by atoms with Gasteiger partial charge in [0.2, 0.25) is 5.75 Å². The Balaban J connectivity index is 2.00. The first-order valence-electron chi connectivity index (χ1n) is 10.6. The number of carbonyl (C=O) groups is 1. The summed E-state index contributed by atoms with van der Waals surface area (Å²) in [7, 11) is 0. The van der Waals surface area contributed by atoms with E-state index >= 15 is 0 Å². The van der Waals surface area contributed by atoms with E-state index in [0.717, 1.165) is 23.5 Å². The van der Waals surface area contributed by atoms with Crippen LogP contribution in [0.15, 0.2) is 57.5 Å². The Kier molecular flexibility index (Phi) is 6.68. The number of nitro benzene ring substituents is 2. The molecule has 1 N–H and O–H groups in total. The number of hydrogen-bond acceptors (Lipinski definition) is 10. The van der Waals surface area contributed by atoms with Crippen LogP contribution in [0, 0.1) is 26.0 Å². The Morgan fingerprint density at radius 1 is 1.24 bits per heavy atom. The molecule has 4 rings (SSSR count). The molecule has 14 heteroatoms. The minimum absolute atomic E-state index is 0.0566. The highest BCUT2D eigenvalue weighted by Gasteiger charge is 2.33. The van der Waals surface area contributed by atoms with Gasteiger partial charge in [0.05, 0.1) is 44.4 Å². The minimum Gasteiger partial charge on any atom is -0.502 e. The summed E-state index contributed by atoms with van der Waals surface area (Å²) < 4.78 is 19.9. The molecule has 0 saturated heterocycles. The molecule has 3 aromatic rings. The summed E-state index contributed by atoms with van der Waals surface area (Å²) in [6, 6.07) is 5.62. The number of esters is 1. The van der Waals surface area contributed by atoms with Crippen molar-refractivity contribution in [2.24, 2.45) is 4.99 Å². The third kappa shape index (κ3) is 4.61. The number of fused-ring (bicyclic) bond motifs is 1. The van der Waals surface area contributed by atoms with Crippen molar-refractivity contribution in [2.75, 3.05) is 6.61 Å². The Morgan fingerprint density at radius 3 is 2.51 bits per heavy atom. The van der Waals surface area contributed by atoms with Crippen LogP contribution in [-0.4, -0.2) is 32.1 Å². The normalized spacial score (nSPS) is 15.2. The molecule has 0 unspecified atom stereocenters. The molecule has 1 aromatic heterocycles. The summed E-state index contributed by atoms with van der Waals surface area (Å²) in [6.07, 6.45) is 1.07. The zero-order valence-corrected chi connectivity index (χ0v) is 20.0. The van der Waals surface area contributed by atoms with Crippen molar-refractivity contribution in [2.45, 2.75) is 19.9 Å². The van der Waals surface area contributed by atoms with Crippen LogP contribution >= 0.6 is 11.3 Å². The fourth-order valence-corrected chi connectivity index (χ4v) is 4.91. The van der Waals surface area contributed by atoms with Gasteiger partial charge in [0, 0.05) is 11.6 Å². The Labute approximate surface area is 210 Å². The number of nitrogens with zero attached hydrogens (tertiary/aromatic N) is 4. The fourth-order valence-electron chi connectivity index (χ4n) is 3.87. The number of carbonyl (C=O) groups excluding carboxylic acids is 1. The van der Waals surface area contributed by atoms with Gasteiger partial charge >= 0.3 is 11.7 Å². The fraction of sp³-hybridized carbons (Fsp3) is 0.174. The molecule has 0 radical (unpaired) electrons. The summed E-state index contributed by atoms with van der Waals surface area (Å²) in [5.74, 6) is -2.11. The lowest BCUT2D eigenvalue weighted by molar-refractivity contribution is -0.394. The quantitative estimate of drug-likeness (QED) is 0.289. The molecule has 2 aromatic carbocycles. The average Bonchev–Trinajstić information content (AvgIpc) is 3.14. The zero-order valence-electron chi connectivity index (χ0n) is 19.2. The number of hydrogen-bond donors (Lipinski definition) is 1. The molecular formula is C23H17FN4O8S. The smallest absolute Gasteiger partial charge is 0.338 e. The van der Waals surface area contributed by atoms with Gasteiger partial charge in [-0.1, -0.05) is 23.5 Å². The third-order valence-corrected chi connectivity index (χ3v) is 6.48. The first-order valence-corrected chi connectivity index (χ1v) is 11.5. The number of allylic oxidation sites excluding steroid dienone is 1. The molecule has 0 fully saturated rings. The van der Waals surface area contributed by atoms with Crippen LogP contribution < -0.4 is 14.9 Å². The van der Waals surface area contributed by atoms with Gasteiger partial charge in [-0.25, -0.2) is 14.2 Å². The van der Waals surface area contributed by atoms with Crippen LogP contribution in [0.5, 0.6) is 5.75 Å². The number of non-ortho nitro benzene ring substituents is 1. The molecule has 0 amide bonds. The molecule has 0 saturated carbocycles. The van der Waals surface area contributed by atoms with E-state index < -0.39 is 50.4 Å². The van der Waals surface area contributed by atoms with Crippen LogP contribution in [-0.2, 0) is 9.53 Å². The predicted octanol–water partition coefficient (Wildman–Crippen LogP) is 2.46. The van der Waals surface area contributed by atoms with Gasteiger partial charge < -0.3 is 9.84 Å². The number of ether oxygens (including phenoxy) is 1. The van der Waals surface area contributed by atoms with Crippen molar-refractivity contribution in [3.8, 4) is 5.75 Å². The molecule has 0 spiro atoms.